The summed E-state index contributed by atoms with van der Waals surface area (Å²) in [6.07, 6.45) is 0.789. The fourth-order valence-electron chi connectivity index (χ4n) is 7.88. The van der Waals surface area contributed by atoms with Crippen LogP contribution in [0.1, 0.15) is 28.3 Å². The molecule has 4 aromatic rings. The number of benzene rings is 3. The van der Waals surface area contributed by atoms with E-state index in [1.165, 1.54) is 40.5 Å². The van der Waals surface area contributed by atoms with Crippen molar-refractivity contribution in [3.63, 3.8) is 0 Å². The van der Waals surface area contributed by atoms with Gasteiger partial charge in [0.25, 0.3) is 5.69 Å². The fourth-order valence-corrected chi connectivity index (χ4v) is 10.8. The van der Waals surface area contributed by atoms with Crippen LogP contribution in [0.15, 0.2) is 88.7 Å². The zero-order valence-electron chi connectivity index (χ0n) is 22.6. The van der Waals surface area contributed by atoms with Crippen LogP contribution in [0.4, 0.5) is 11.4 Å². The van der Waals surface area contributed by atoms with Gasteiger partial charge in [-0.1, -0.05) is 53.8 Å². The van der Waals surface area contributed by atoms with Gasteiger partial charge in [0.15, 0.2) is 0 Å². The van der Waals surface area contributed by atoms with Crippen molar-refractivity contribution in [1.29, 1.82) is 0 Å². The highest BCUT2D eigenvalue weighted by Crippen LogP contribution is 2.68. The number of anilines is 1. The summed E-state index contributed by atoms with van der Waals surface area (Å²) in [4.78, 5) is 56.0. The number of thioether (sulfide) groups is 1. The molecular weight excluding hydrogens is 587 g/mol. The number of aromatic nitrogens is 1. The number of nitro groups is 1. The summed E-state index contributed by atoms with van der Waals surface area (Å²) in [5.41, 5.74) is 2.42. The summed E-state index contributed by atoms with van der Waals surface area (Å²) in [7, 11) is 0. The third-order valence-electron chi connectivity index (χ3n) is 9.53. The zero-order valence-corrected chi connectivity index (χ0v) is 24.3. The Morgan fingerprint density at radius 3 is 2.30 bits per heavy atom. The average Bonchev–Trinajstić information content (AvgIpc) is 3.76. The number of H-pyrrole nitrogens is 1. The molecule has 216 valence electrons. The van der Waals surface area contributed by atoms with E-state index in [1.807, 2.05) is 42.5 Å². The number of nitrogens with zero attached hydrogens (tertiary/aromatic N) is 2. The molecule has 3 fully saturated rings. The van der Waals surface area contributed by atoms with Gasteiger partial charge in [-0.25, -0.2) is 0 Å². The van der Waals surface area contributed by atoms with E-state index in [0.717, 1.165) is 33.2 Å². The van der Waals surface area contributed by atoms with Gasteiger partial charge in [0.2, 0.25) is 11.8 Å². The highest BCUT2D eigenvalue weighted by Gasteiger charge is 2.69. The van der Waals surface area contributed by atoms with Crippen molar-refractivity contribution in [2.75, 3.05) is 4.90 Å². The van der Waals surface area contributed by atoms with E-state index < -0.39 is 16.8 Å². The van der Waals surface area contributed by atoms with Gasteiger partial charge in [-0.3, -0.25) is 29.4 Å². The molecule has 2 bridgehead atoms. The molecule has 2 amide bonds. The zero-order chi connectivity index (χ0) is 29.4. The minimum Gasteiger partial charge on any atom is -0.489 e. The monoisotopic (exact) mass is 611 g/mol. The third kappa shape index (κ3) is 4.09. The molecule has 3 heterocycles. The number of imide groups is 1. The Morgan fingerprint density at radius 2 is 1.60 bits per heavy atom. The summed E-state index contributed by atoms with van der Waals surface area (Å²) in [6, 6.07) is 23.6. The van der Waals surface area contributed by atoms with Crippen molar-refractivity contribution >= 4 is 46.3 Å². The first-order valence-corrected chi connectivity index (χ1v) is 15.9. The summed E-state index contributed by atoms with van der Waals surface area (Å²) >= 11 is 2.87. The standard InChI is InChI=1S/C32H25N3O6S2/c36-30-25-21-14-22(26(25)31(37)34(30)18-8-10-19(11-9-18)35(39)40)27-24(21)23(28-29(42-27)33-32(38)43-28)17-6-12-20(13-7-17)41-15-16-4-2-1-3-5-16/h1-13,21-27H,14-15H2,(H,33,38)/t21-,22-,23?,24?,25?,26?,27?/m1/s1. The van der Waals surface area contributed by atoms with Gasteiger partial charge in [-0.15, -0.1) is 11.8 Å². The van der Waals surface area contributed by atoms with Crippen LogP contribution in [0.3, 0.4) is 0 Å². The van der Waals surface area contributed by atoms with Crippen LogP contribution in [-0.2, 0) is 16.2 Å². The Bertz CT molecular complexity index is 1820. The molecule has 8 rings (SSSR count). The Kier molecular flexibility index (Phi) is 6.09. The maximum absolute atomic E-state index is 13.9. The van der Waals surface area contributed by atoms with E-state index in [0.29, 0.717) is 12.3 Å². The van der Waals surface area contributed by atoms with Crippen LogP contribution >= 0.6 is 23.1 Å². The SMILES string of the molecule is O=C1C2C(C(=O)N1c1ccc([N+](=O)[O-])cc1)[C@@H]1C[C@H]2C2Sc3[nH]c(=O)sc3C(c3ccc(OCc4ccccc4)cc3)C21. The quantitative estimate of drug-likeness (QED) is 0.171. The highest BCUT2D eigenvalue weighted by molar-refractivity contribution is 8.00. The number of non-ortho nitro benzene ring substituents is 1. The van der Waals surface area contributed by atoms with Crippen LogP contribution in [0.5, 0.6) is 5.75 Å². The normalized spacial score (nSPS) is 28.5. The van der Waals surface area contributed by atoms with E-state index in [-0.39, 0.29) is 51.3 Å². The van der Waals surface area contributed by atoms with Gasteiger partial charge in [0.05, 0.1) is 27.5 Å². The largest absolute Gasteiger partial charge is 0.489 e. The number of aromatic amines is 1. The molecule has 2 aliphatic carbocycles. The van der Waals surface area contributed by atoms with E-state index >= 15 is 0 Å². The number of hydrogen-bond acceptors (Lipinski definition) is 8. The second-order valence-corrected chi connectivity index (χ2v) is 13.8. The number of hydrogen-bond donors (Lipinski definition) is 1. The summed E-state index contributed by atoms with van der Waals surface area (Å²) < 4.78 is 6.02. The number of nitro benzene ring substituents is 1. The molecule has 9 nitrogen and oxygen atoms in total. The van der Waals surface area contributed by atoms with Crippen molar-refractivity contribution in [2.45, 2.75) is 29.2 Å². The van der Waals surface area contributed by atoms with Gasteiger partial charge in [0, 0.05) is 28.2 Å². The molecule has 11 heteroatoms. The van der Waals surface area contributed by atoms with Crippen LogP contribution in [-0.4, -0.2) is 27.0 Å². The second kappa shape index (κ2) is 9.92. The van der Waals surface area contributed by atoms with Crippen LogP contribution < -0.4 is 14.5 Å². The van der Waals surface area contributed by atoms with Gasteiger partial charge < -0.3 is 9.72 Å². The molecular formula is C32H25N3O6S2. The Hall–Kier alpha value is -4.22. The number of carbonyl (C=O) groups excluding carboxylic acids is 2. The molecule has 0 radical (unpaired) electrons. The first-order valence-electron chi connectivity index (χ1n) is 14.2. The topological polar surface area (TPSA) is 123 Å². The number of carbonyl (C=O) groups is 2. The van der Waals surface area contributed by atoms with E-state index in [4.69, 9.17) is 4.74 Å². The lowest BCUT2D eigenvalue weighted by Gasteiger charge is -2.43. The van der Waals surface area contributed by atoms with Crippen LogP contribution in [0.25, 0.3) is 0 Å². The number of rotatable bonds is 6. The highest BCUT2D eigenvalue weighted by atomic mass is 32.2. The first-order chi connectivity index (χ1) is 20.9. The molecule has 1 saturated heterocycles. The van der Waals surface area contributed by atoms with Crippen molar-refractivity contribution in [1.82, 2.24) is 4.98 Å². The minimum absolute atomic E-state index is 0.00275. The maximum atomic E-state index is 13.9. The van der Waals surface area contributed by atoms with Crippen molar-refractivity contribution in [3.8, 4) is 5.75 Å². The summed E-state index contributed by atoms with van der Waals surface area (Å²) in [5.74, 6) is -0.591. The average molecular weight is 612 g/mol. The predicted octanol–water partition coefficient (Wildman–Crippen LogP) is 5.60. The molecule has 4 aliphatic rings. The lowest BCUT2D eigenvalue weighted by atomic mass is 9.68. The minimum atomic E-state index is -0.501. The molecule has 1 N–H and O–H groups in total. The smallest absolute Gasteiger partial charge is 0.305 e. The van der Waals surface area contributed by atoms with E-state index in [2.05, 4.69) is 17.1 Å². The van der Waals surface area contributed by atoms with Gasteiger partial charge in [0.1, 0.15) is 12.4 Å². The van der Waals surface area contributed by atoms with Gasteiger partial charge >= 0.3 is 4.87 Å². The lowest BCUT2D eigenvalue weighted by molar-refractivity contribution is -0.384. The lowest BCUT2D eigenvalue weighted by Crippen LogP contribution is -2.42. The van der Waals surface area contributed by atoms with E-state index in [1.54, 1.807) is 11.8 Å². The maximum Gasteiger partial charge on any atom is 0.305 e. The number of fused-ring (bicyclic) bond motifs is 9. The fraction of sp³-hybridized carbons (Fsp3) is 0.281. The molecule has 5 unspecified atom stereocenters. The second-order valence-electron chi connectivity index (χ2n) is 11.6. The summed E-state index contributed by atoms with van der Waals surface area (Å²) in [5, 5.41) is 12.1. The first kappa shape index (κ1) is 26.4. The van der Waals surface area contributed by atoms with Gasteiger partial charge in [-0.2, -0.15) is 0 Å². The number of amides is 2. The Balaban J connectivity index is 1.11. The number of thiazole rings is 1. The Labute approximate surface area is 254 Å². The van der Waals surface area contributed by atoms with Crippen molar-refractivity contribution < 1.29 is 19.2 Å². The van der Waals surface area contributed by atoms with Crippen LogP contribution in [0.2, 0.25) is 0 Å². The molecule has 1 aromatic heterocycles. The van der Waals surface area contributed by atoms with Crippen LogP contribution in [0, 0.1) is 39.7 Å². The molecule has 7 atom stereocenters. The summed E-state index contributed by atoms with van der Waals surface area (Å²) in [6.45, 7) is 0.461. The third-order valence-corrected chi connectivity index (χ3v) is 12.1. The number of nitrogens with one attached hydrogen (secondary N) is 1. The predicted molar refractivity (Wildman–Crippen MR) is 161 cm³/mol. The number of ether oxygens (including phenoxy) is 1. The Morgan fingerprint density at radius 1 is 0.907 bits per heavy atom. The van der Waals surface area contributed by atoms with Crippen molar-refractivity contribution in [2.24, 2.45) is 29.6 Å². The molecule has 2 saturated carbocycles. The molecule has 3 aromatic carbocycles. The van der Waals surface area contributed by atoms with Crippen molar-refractivity contribution in [3.05, 3.63) is 115 Å². The molecule has 2 aliphatic heterocycles. The molecule has 0 spiro atoms. The molecule has 43 heavy (non-hydrogen) atoms. The van der Waals surface area contributed by atoms with Gasteiger partial charge in [-0.05, 0) is 59.6 Å². The van der Waals surface area contributed by atoms with E-state index in [9.17, 15) is 24.5 Å².